The molecule has 2 aromatic heterocycles. The second kappa shape index (κ2) is 3.71. The van der Waals surface area contributed by atoms with Crippen molar-refractivity contribution in [3.8, 4) is 11.6 Å². The van der Waals surface area contributed by atoms with Gasteiger partial charge < -0.3 is 14.0 Å². The van der Waals surface area contributed by atoms with Crippen molar-refractivity contribution in [1.82, 2.24) is 10.1 Å². The summed E-state index contributed by atoms with van der Waals surface area (Å²) < 4.78 is 10.5. The van der Waals surface area contributed by atoms with E-state index >= 15 is 0 Å². The monoisotopic (exact) mass is 230 g/mol. The molecular weight excluding hydrogens is 220 g/mol. The predicted octanol–water partition coefficient (Wildman–Crippen LogP) is 2.54. The van der Waals surface area contributed by atoms with E-state index in [-0.39, 0.29) is 5.89 Å². The maximum absolute atomic E-state index is 9.30. The number of benzene rings is 1. The molecule has 86 valence electrons. The van der Waals surface area contributed by atoms with Crippen molar-refractivity contribution in [2.75, 3.05) is 0 Å². The molecule has 3 aromatic rings. The van der Waals surface area contributed by atoms with E-state index in [0.717, 1.165) is 11.0 Å². The minimum absolute atomic E-state index is 0.181. The number of aromatic nitrogens is 2. The molecule has 0 amide bonds. The van der Waals surface area contributed by atoms with Gasteiger partial charge in [0, 0.05) is 5.39 Å². The molecule has 0 saturated carbocycles. The van der Waals surface area contributed by atoms with Crippen molar-refractivity contribution in [2.24, 2.45) is 0 Å². The van der Waals surface area contributed by atoms with Crippen molar-refractivity contribution in [1.29, 1.82) is 0 Å². The zero-order valence-corrected chi connectivity index (χ0v) is 9.12. The van der Waals surface area contributed by atoms with E-state index in [1.54, 1.807) is 6.92 Å². The van der Waals surface area contributed by atoms with Crippen LogP contribution in [0.15, 0.2) is 39.3 Å². The number of nitrogens with zero attached hydrogens (tertiary/aromatic N) is 2. The summed E-state index contributed by atoms with van der Waals surface area (Å²) >= 11 is 0. The highest BCUT2D eigenvalue weighted by Gasteiger charge is 2.15. The van der Waals surface area contributed by atoms with Crippen molar-refractivity contribution in [3.63, 3.8) is 0 Å². The molecule has 0 saturated heterocycles. The van der Waals surface area contributed by atoms with Gasteiger partial charge in [-0.05, 0) is 19.1 Å². The van der Waals surface area contributed by atoms with Gasteiger partial charge in [-0.3, -0.25) is 0 Å². The SMILES string of the molecule is C[C@@H](O)c1nc(-c2cc3ccccc3o2)no1. The highest BCUT2D eigenvalue weighted by molar-refractivity contribution is 5.81. The lowest BCUT2D eigenvalue weighted by molar-refractivity contribution is 0.152. The highest BCUT2D eigenvalue weighted by Crippen LogP contribution is 2.26. The van der Waals surface area contributed by atoms with E-state index in [0.29, 0.717) is 11.6 Å². The molecule has 0 spiro atoms. The molecular formula is C12H10N2O3. The summed E-state index contributed by atoms with van der Waals surface area (Å²) in [6.45, 7) is 1.57. The first kappa shape index (κ1) is 10.0. The van der Waals surface area contributed by atoms with Gasteiger partial charge in [-0.2, -0.15) is 4.98 Å². The van der Waals surface area contributed by atoms with Crippen LogP contribution in [0.3, 0.4) is 0 Å². The molecule has 0 radical (unpaired) electrons. The molecule has 1 aromatic carbocycles. The topological polar surface area (TPSA) is 72.3 Å². The van der Waals surface area contributed by atoms with Gasteiger partial charge in [-0.1, -0.05) is 23.4 Å². The largest absolute Gasteiger partial charge is 0.453 e. The minimum Gasteiger partial charge on any atom is -0.453 e. The Balaban J connectivity index is 2.07. The molecule has 0 aliphatic rings. The Morgan fingerprint density at radius 1 is 1.29 bits per heavy atom. The first-order valence-electron chi connectivity index (χ1n) is 5.24. The van der Waals surface area contributed by atoms with Crippen LogP contribution in [0, 0.1) is 0 Å². The fourth-order valence-corrected chi connectivity index (χ4v) is 1.60. The van der Waals surface area contributed by atoms with E-state index in [2.05, 4.69) is 10.1 Å². The van der Waals surface area contributed by atoms with Crippen LogP contribution in [0.25, 0.3) is 22.6 Å². The van der Waals surface area contributed by atoms with Crippen LogP contribution in [0.5, 0.6) is 0 Å². The van der Waals surface area contributed by atoms with Crippen molar-refractivity contribution >= 4 is 11.0 Å². The number of fused-ring (bicyclic) bond motifs is 1. The summed E-state index contributed by atoms with van der Waals surface area (Å²) in [5.74, 6) is 1.06. The lowest BCUT2D eigenvalue weighted by Crippen LogP contribution is -1.89. The summed E-state index contributed by atoms with van der Waals surface area (Å²) in [6, 6.07) is 9.48. The molecule has 1 atom stereocenters. The molecule has 5 heteroatoms. The summed E-state index contributed by atoms with van der Waals surface area (Å²) in [5, 5.41) is 14.0. The Morgan fingerprint density at radius 3 is 2.82 bits per heavy atom. The van der Waals surface area contributed by atoms with Crippen LogP contribution >= 0.6 is 0 Å². The van der Waals surface area contributed by atoms with E-state index < -0.39 is 6.10 Å². The molecule has 0 aliphatic heterocycles. The molecule has 1 N–H and O–H groups in total. The fraction of sp³-hybridized carbons (Fsp3) is 0.167. The number of hydrogen-bond acceptors (Lipinski definition) is 5. The van der Waals surface area contributed by atoms with Crippen LogP contribution in [0.1, 0.15) is 18.9 Å². The normalized spacial score (nSPS) is 13.1. The van der Waals surface area contributed by atoms with Crippen molar-refractivity contribution in [3.05, 3.63) is 36.2 Å². The van der Waals surface area contributed by atoms with Crippen LogP contribution in [0.2, 0.25) is 0 Å². The average Bonchev–Trinajstić information content (AvgIpc) is 2.95. The summed E-state index contributed by atoms with van der Waals surface area (Å²) in [6.07, 6.45) is -0.777. The van der Waals surface area contributed by atoms with E-state index in [9.17, 15) is 5.11 Å². The Kier molecular flexibility index (Phi) is 2.19. The number of aliphatic hydroxyl groups is 1. The van der Waals surface area contributed by atoms with Gasteiger partial charge in [0.1, 0.15) is 11.7 Å². The third-order valence-electron chi connectivity index (χ3n) is 2.45. The zero-order valence-electron chi connectivity index (χ0n) is 9.12. The lowest BCUT2D eigenvalue weighted by Gasteiger charge is -1.91. The van der Waals surface area contributed by atoms with Crippen LogP contribution < -0.4 is 0 Å². The molecule has 3 rings (SSSR count). The highest BCUT2D eigenvalue weighted by atomic mass is 16.5. The molecule has 0 bridgehead atoms. The van der Waals surface area contributed by atoms with Crippen LogP contribution in [-0.2, 0) is 0 Å². The molecule has 0 aliphatic carbocycles. The quantitative estimate of drug-likeness (QED) is 0.732. The maximum Gasteiger partial charge on any atom is 0.255 e. The van der Waals surface area contributed by atoms with Crippen molar-refractivity contribution in [2.45, 2.75) is 13.0 Å². The number of para-hydroxylation sites is 1. The third kappa shape index (κ3) is 1.70. The van der Waals surface area contributed by atoms with Crippen LogP contribution in [-0.4, -0.2) is 15.2 Å². The Hall–Kier alpha value is -2.14. The van der Waals surface area contributed by atoms with Gasteiger partial charge >= 0.3 is 0 Å². The fourth-order valence-electron chi connectivity index (χ4n) is 1.60. The third-order valence-corrected chi connectivity index (χ3v) is 2.45. The first-order chi connectivity index (χ1) is 8.24. The zero-order chi connectivity index (χ0) is 11.8. The van der Waals surface area contributed by atoms with E-state index in [1.807, 2.05) is 30.3 Å². The van der Waals surface area contributed by atoms with E-state index in [1.165, 1.54) is 0 Å². The Labute approximate surface area is 96.7 Å². The van der Waals surface area contributed by atoms with Gasteiger partial charge in [0.05, 0.1) is 0 Å². The second-order valence-corrected chi connectivity index (χ2v) is 3.78. The Morgan fingerprint density at radius 2 is 2.12 bits per heavy atom. The summed E-state index contributed by atoms with van der Waals surface area (Å²) in [5.41, 5.74) is 0.769. The van der Waals surface area contributed by atoms with Crippen molar-refractivity contribution < 1.29 is 14.0 Å². The molecule has 0 unspecified atom stereocenters. The van der Waals surface area contributed by atoms with E-state index in [4.69, 9.17) is 8.94 Å². The standard InChI is InChI=1S/C12H10N2O3/c1-7(15)12-13-11(14-17-12)10-6-8-4-2-3-5-9(8)16-10/h2-7,15H,1H3/t7-/m1/s1. The summed E-state index contributed by atoms with van der Waals surface area (Å²) in [4.78, 5) is 4.05. The first-order valence-corrected chi connectivity index (χ1v) is 5.24. The molecule has 5 nitrogen and oxygen atoms in total. The van der Waals surface area contributed by atoms with Gasteiger partial charge in [-0.15, -0.1) is 0 Å². The van der Waals surface area contributed by atoms with Gasteiger partial charge in [0.2, 0.25) is 5.82 Å². The second-order valence-electron chi connectivity index (χ2n) is 3.78. The average molecular weight is 230 g/mol. The van der Waals surface area contributed by atoms with Gasteiger partial charge in [0.15, 0.2) is 5.76 Å². The molecule has 0 fully saturated rings. The van der Waals surface area contributed by atoms with Gasteiger partial charge in [-0.25, -0.2) is 0 Å². The maximum atomic E-state index is 9.30. The Bertz CT molecular complexity index is 621. The summed E-state index contributed by atoms with van der Waals surface area (Å²) in [7, 11) is 0. The minimum atomic E-state index is -0.777. The smallest absolute Gasteiger partial charge is 0.255 e. The number of rotatable bonds is 2. The van der Waals surface area contributed by atoms with Gasteiger partial charge in [0.25, 0.3) is 5.89 Å². The number of furan rings is 1. The lowest BCUT2D eigenvalue weighted by atomic mass is 10.2. The molecule has 2 heterocycles. The molecule has 17 heavy (non-hydrogen) atoms. The van der Waals surface area contributed by atoms with Crippen LogP contribution in [0.4, 0.5) is 0 Å². The number of aliphatic hydroxyl groups excluding tert-OH is 1. The number of hydrogen-bond donors (Lipinski definition) is 1. The predicted molar refractivity (Wildman–Crippen MR) is 60.1 cm³/mol.